The fourth-order valence-electron chi connectivity index (χ4n) is 1.51. The second-order valence-corrected chi connectivity index (χ2v) is 5.60. The van der Waals surface area contributed by atoms with Gasteiger partial charge < -0.3 is 5.32 Å². The van der Waals surface area contributed by atoms with Crippen molar-refractivity contribution < 1.29 is 0 Å². The van der Waals surface area contributed by atoms with Crippen molar-refractivity contribution in [1.82, 2.24) is 4.98 Å². The Morgan fingerprint density at radius 3 is 2.71 bits per heavy atom. The van der Waals surface area contributed by atoms with E-state index in [1.807, 2.05) is 6.20 Å². The van der Waals surface area contributed by atoms with Crippen molar-refractivity contribution in [3.63, 3.8) is 0 Å². The van der Waals surface area contributed by atoms with E-state index < -0.39 is 0 Å². The molecular weight excluding hydrogens is 344 g/mol. The summed E-state index contributed by atoms with van der Waals surface area (Å²) in [5.41, 5.74) is 3.49. The summed E-state index contributed by atoms with van der Waals surface area (Å²) in [7, 11) is 0. The van der Waals surface area contributed by atoms with E-state index >= 15 is 0 Å². The molecule has 0 aliphatic heterocycles. The molecule has 0 fully saturated rings. The Hall–Kier alpha value is -0.870. The summed E-state index contributed by atoms with van der Waals surface area (Å²) in [5, 5.41) is 3.37. The molecule has 0 aliphatic rings. The van der Waals surface area contributed by atoms with Crippen molar-refractivity contribution in [2.75, 3.05) is 5.32 Å². The van der Waals surface area contributed by atoms with Crippen molar-refractivity contribution in [2.24, 2.45) is 0 Å². The van der Waals surface area contributed by atoms with E-state index in [1.54, 1.807) is 6.20 Å². The number of pyridine rings is 1. The number of benzene rings is 1. The average molecular weight is 356 g/mol. The van der Waals surface area contributed by atoms with Crippen LogP contribution in [0.4, 0.5) is 5.69 Å². The minimum Gasteiger partial charge on any atom is -0.381 e. The van der Waals surface area contributed by atoms with Crippen LogP contribution in [0, 0.1) is 6.92 Å². The highest BCUT2D eigenvalue weighted by Gasteiger charge is 1.98. The van der Waals surface area contributed by atoms with Gasteiger partial charge in [0.15, 0.2) is 0 Å². The third kappa shape index (κ3) is 3.54. The summed E-state index contributed by atoms with van der Waals surface area (Å²) in [5.74, 6) is 0. The van der Waals surface area contributed by atoms with Gasteiger partial charge in [0.05, 0.1) is 0 Å². The van der Waals surface area contributed by atoms with Gasteiger partial charge >= 0.3 is 0 Å². The van der Waals surface area contributed by atoms with Crippen LogP contribution >= 0.6 is 31.9 Å². The molecule has 0 unspecified atom stereocenters. The molecule has 88 valence electrons. The van der Waals surface area contributed by atoms with Crippen LogP contribution in [-0.2, 0) is 6.54 Å². The first-order valence-electron chi connectivity index (χ1n) is 5.24. The fourth-order valence-corrected chi connectivity index (χ4v) is 2.17. The van der Waals surface area contributed by atoms with Crippen LogP contribution in [0.1, 0.15) is 11.1 Å². The topological polar surface area (TPSA) is 24.9 Å². The zero-order valence-corrected chi connectivity index (χ0v) is 12.5. The molecule has 0 bridgehead atoms. The lowest BCUT2D eigenvalue weighted by Crippen LogP contribution is -2.00. The van der Waals surface area contributed by atoms with Gasteiger partial charge in [-0.2, -0.15) is 0 Å². The highest BCUT2D eigenvalue weighted by Crippen LogP contribution is 2.20. The Labute approximate surface area is 118 Å². The second-order valence-electron chi connectivity index (χ2n) is 3.83. The predicted octanol–water partition coefficient (Wildman–Crippen LogP) is 4.53. The molecule has 0 aliphatic carbocycles. The Morgan fingerprint density at radius 1 is 1.18 bits per heavy atom. The molecule has 0 atom stereocenters. The van der Waals surface area contributed by atoms with Gasteiger partial charge in [-0.1, -0.05) is 15.9 Å². The summed E-state index contributed by atoms with van der Waals surface area (Å²) in [6.07, 6.45) is 3.65. The molecule has 1 heterocycles. The summed E-state index contributed by atoms with van der Waals surface area (Å²) in [4.78, 5) is 4.13. The van der Waals surface area contributed by atoms with Crippen LogP contribution in [-0.4, -0.2) is 4.98 Å². The maximum absolute atomic E-state index is 4.13. The number of halogens is 2. The van der Waals surface area contributed by atoms with Crippen LogP contribution in [0.2, 0.25) is 0 Å². The number of nitrogens with zero attached hydrogens (tertiary/aromatic N) is 1. The number of hydrogen-bond donors (Lipinski definition) is 1. The van der Waals surface area contributed by atoms with E-state index in [0.29, 0.717) is 0 Å². The molecule has 1 aromatic heterocycles. The molecule has 17 heavy (non-hydrogen) atoms. The fraction of sp³-hybridized carbons (Fsp3) is 0.154. The van der Waals surface area contributed by atoms with Crippen molar-refractivity contribution >= 4 is 37.5 Å². The Kier molecular flexibility index (Phi) is 4.18. The first-order chi connectivity index (χ1) is 8.15. The molecule has 2 nitrogen and oxygen atoms in total. The lowest BCUT2D eigenvalue weighted by molar-refractivity contribution is 1.10. The van der Waals surface area contributed by atoms with E-state index in [-0.39, 0.29) is 0 Å². The molecule has 0 saturated heterocycles. The summed E-state index contributed by atoms with van der Waals surface area (Å²) in [6.45, 7) is 2.85. The molecule has 0 spiro atoms. The minimum atomic E-state index is 0.771. The van der Waals surface area contributed by atoms with Crippen molar-refractivity contribution in [1.29, 1.82) is 0 Å². The van der Waals surface area contributed by atoms with Gasteiger partial charge in [-0.3, -0.25) is 4.98 Å². The Morgan fingerprint density at radius 2 is 2.00 bits per heavy atom. The van der Waals surface area contributed by atoms with Gasteiger partial charge in [0.1, 0.15) is 0 Å². The molecule has 2 aromatic rings. The lowest BCUT2D eigenvalue weighted by Gasteiger charge is -2.08. The van der Waals surface area contributed by atoms with E-state index in [1.165, 1.54) is 5.56 Å². The number of rotatable bonds is 3. The number of aromatic nitrogens is 1. The van der Waals surface area contributed by atoms with Gasteiger partial charge in [0, 0.05) is 33.6 Å². The molecule has 0 saturated carbocycles. The third-order valence-corrected chi connectivity index (χ3v) is 3.74. The van der Waals surface area contributed by atoms with E-state index in [4.69, 9.17) is 0 Å². The molecule has 0 amide bonds. The van der Waals surface area contributed by atoms with E-state index in [9.17, 15) is 0 Å². The van der Waals surface area contributed by atoms with Gasteiger partial charge in [-0.05, 0) is 58.2 Å². The van der Waals surface area contributed by atoms with Gasteiger partial charge in [0.25, 0.3) is 0 Å². The van der Waals surface area contributed by atoms with Crippen molar-refractivity contribution in [3.8, 4) is 0 Å². The van der Waals surface area contributed by atoms with E-state index in [2.05, 4.69) is 73.3 Å². The maximum atomic E-state index is 4.13. The van der Waals surface area contributed by atoms with Gasteiger partial charge in [0.2, 0.25) is 0 Å². The number of aryl methyl sites for hydroxylation is 1. The Balaban J connectivity index is 2.05. The van der Waals surface area contributed by atoms with Crippen molar-refractivity contribution in [2.45, 2.75) is 13.5 Å². The van der Waals surface area contributed by atoms with E-state index in [0.717, 1.165) is 26.7 Å². The van der Waals surface area contributed by atoms with Crippen LogP contribution in [0.25, 0.3) is 0 Å². The van der Waals surface area contributed by atoms with Gasteiger partial charge in [-0.25, -0.2) is 0 Å². The molecular formula is C13H12Br2N2. The molecule has 0 radical (unpaired) electrons. The quantitative estimate of drug-likeness (QED) is 0.875. The zero-order chi connectivity index (χ0) is 12.3. The van der Waals surface area contributed by atoms with Crippen molar-refractivity contribution in [3.05, 3.63) is 56.7 Å². The Bertz CT molecular complexity index is 527. The van der Waals surface area contributed by atoms with Crippen LogP contribution in [0.15, 0.2) is 45.6 Å². The summed E-state index contributed by atoms with van der Waals surface area (Å²) >= 11 is 6.90. The minimum absolute atomic E-state index is 0.771. The number of anilines is 1. The number of nitrogens with one attached hydrogen (secondary N) is 1. The normalized spacial score (nSPS) is 10.3. The summed E-state index contributed by atoms with van der Waals surface area (Å²) < 4.78 is 2.14. The highest BCUT2D eigenvalue weighted by atomic mass is 79.9. The molecule has 1 aromatic carbocycles. The van der Waals surface area contributed by atoms with Crippen LogP contribution < -0.4 is 5.32 Å². The standard InChI is InChI=1S/C13H12Br2N2/c1-9-4-12(2-3-13(9)15)17-7-10-5-11(14)8-16-6-10/h2-6,8,17H,7H2,1H3. The third-order valence-electron chi connectivity index (χ3n) is 2.42. The molecule has 2 rings (SSSR count). The summed E-state index contributed by atoms with van der Waals surface area (Å²) in [6, 6.07) is 8.29. The largest absolute Gasteiger partial charge is 0.381 e. The SMILES string of the molecule is Cc1cc(NCc2cncc(Br)c2)ccc1Br. The number of hydrogen-bond acceptors (Lipinski definition) is 2. The first-order valence-corrected chi connectivity index (χ1v) is 6.83. The highest BCUT2D eigenvalue weighted by molar-refractivity contribution is 9.10. The average Bonchev–Trinajstić information content (AvgIpc) is 2.31. The predicted molar refractivity (Wildman–Crippen MR) is 78.1 cm³/mol. The zero-order valence-electron chi connectivity index (χ0n) is 9.37. The smallest absolute Gasteiger partial charge is 0.0416 e. The van der Waals surface area contributed by atoms with Crippen LogP contribution in [0.3, 0.4) is 0 Å². The monoisotopic (exact) mass is 354 g/mol. The molecule has 1 N–H and O–H groups in total. The first kappa shape index (κ1) is 12.6. The van der Waals surface area contributed by atoms with Gasteiger partial charge in [-0.15, -0.1) is 0 Å². The second kappa shape index (κ2) is 5.65. The molecule has 4 heteroatoms. The lowest BCUT2D eigenvalue weighted by atomic mass is 10.2. The maximum Gasteiger partial charge on any atom is 0.0416 e. The van der Waals surface area contributed by atoms with Crippen LogP contribution in [0.5, 0.6) is 0 Å².